The van der Waals surface area contributed by atoms with Crippen LogP contribution in [-0.4, -0.2) is 11.0 Å². The van der Waals surface area contributed by atoms with Crippen LogP contribution in [0.1, 0.15) is 32.1 Å². The summed E-state index contributed by atoms with van der Waals surface area (Å²) in [7, 11) is 0. The van der Waals surface area contributed by atoms with Gasteiger partial charge in [-0.2, -0.15) is 0 Å². The summed E-state index contributed by atoms with van der Waals surface area (Å²) in [5, 5.41) is 4.28. The van der Waals surface area contributed by atoms with E-state index in [0.717, 1.165) is 14.3 Å². The Morgan fingerprint density at radius 1 is 1.28 bits per heavy atom. The highest BCUT2D eigenvalue weighted by molar-refractivity contribution is 9.10. The quantitative estimate of drug-likeness (QED) is 0.844. The molecule has 0 spiro atoms. The monoisotopic (exact) mass is 328 g/mol. The summed E-state index contributed by atoms with van der Waals surface area (Å²) in [4.78, 5) is 4.36. The fraction of sp³-hybridized carbons (Fsp3) is 0.462. The minimum Gasteiger partial charge on any atom is -0.359 e. The molecule has 1 aliphatic carbocycles. The molecular weight excluding hydrogens is 315 g/mol. The van der Waals surface area contributed by atoms with E-state index in [4.69, 9.17) is 0 Å². The van der Waals surface area contributed by atoms with Crippen LogP contribution in [0.4, 0.5) is 9.52 Å². The highest BCUT2D eigenvalue weighted by Crippen LogP contribution is 2.32. The second-order valence-corrected chi connectivity index (χ2v) is 6.68. The minimum absolute atomic E-state index is 0.257. The Morgan fingerprint density at radius 2 is 2.06 bits per heavy atom. The second-order valence-electron chi connectivity index (χ2n) is 4.73. The largest absolute Gasteiger partial charge is 0.359 e. The Bertz CT molecular complexity index is 563. The Morgan fingerprint density at radius 3 is 2.83 bits per heavy atom. The van der Waals surface area contributed by atoms with Gasteiger partial charge in [-0.25, -0.2) is 9.37 Å². The lowest BCUT2D eigenvalue weighted by molar-refractivity contribution is 0.462. The standard InChI is InChI=1S/C13H14BrFN2S/c14-8-6-10(15)12-11(7-8)18-13(17-12)16-9-4-2-1-3-5-9/h6-7,9H,1-5H2,(H,16,17). The van der Waals surface area contributed by atoms with Crippen LogP contribution in [0.3, 0.4) is 0 Å². The van der Waals surface area contributed by atoms with Crippen molar-refractivity contribution in [2.45, 2.75) is 38.1 Å². The molecule has 0 saturated heterocycles. The maximum atomic E-state index is 13.7. The molecule has 0 unspecified atom stereocenters. The van der Waals surface area contributed by atoms with Crippen molar-refractivity contribution in [3.8, 4) is 0 Å². The van der Waals surface area contributed by atoms with E-state index in [1.165, 1.54) is 49.5 Å². The molecule has 1 aromatic carbocycles. The van der Waals surface area contributed by atoms with Crippen LogP contribution in [0.25, 0.3) is 10.2 Å². The molecular formula is C13H14BrFN2S. The van der Waals surface area contributed by atoms with E-state index < -0.39 is 0 Å². The van der Waals surface area contributed by atoms with Gasteiger partial charge in [-0.05, 0) is 25.0 Å². The summed E-state index contributed by atoms with van der Waals surface area (Å²) >= 11 is 4.84. The van der Waals surface area contributed by atoms with Crippen LogP contribution in [-0.2, 0) is 0 Å². The van der Waals surface area contributed by atoms with Crippen molar-refractivity contribution in [1.29, 1.82) is 0 Å². The van der Waals surface area contributed by atoms with Crippen LogP contribution >= 0.6 is 27.3 Å². The molecule has 2 nitrogen and oxygen atoms in total. The number of halogens is 2. The minimum atomic E-state index is -0.257. The number of aromatic nitrogens is 1. The maximum absolute atomic E-state index is 13.7. The highest BCUT2D eigenvalue weighted by Gasteiger charge is 2.16. The van der Waals surface area contributed by atoms with E-state index in [0.29, 0.717) is 11.6 Å². The summed E-state index contributed by atoms with van der Waals surface area (Å²) in [6.07, 6.45) is 6.29. The number of hydrogen-bond acceptors (Lipinski definition) is 3. The molecule has 1 N–H and O–H groups in total. The molecule has 2 aromatic rings. The number of rotatable bonds is 2. The predicted molar refractivity (Wildman–Crippen MR) is 77.8 cm³/mol. The van der Waals surface area contributed by atoms with E-state index >= 15 is 0 Å². The predicted octanol–water partition coefficient (Wildman–Crippen LogP) is 4.94. The van der Waals surface area contributed by atoms with Gasteiger partial charge >= 0.3 is 0 Å². The number of nitrogens with zero attached hydrogens (tertiary/aromatic N) is 1. The number of nitrogens with one attached hydrogen (secondary N) is 1. The molecule has 1 aromatic heterocycles. The summed E-state index contributed by atoms with van der Waals surface area (Å²) in [6.45, 7) is 0. The van der Waals surface area contributed by atoms with Crippen molar-refractivity contribution in [1.82, 2.24) is 4.98 Å². The summed E-state index contributed by atoms with van der Waals surface area (Å²) < 4.78 is 15.4. The molecule has 1 saturated carbocycles. The maximum Gasteiger partial charge on any atom is 0.184 e. The lowest BCUT2D eigenvalue weighted by Crippen LogP contribution is -2.21. The van der Waals surface area contributed by atoms with Crippen LogP contribution in [0, 0.1) is 5.82 Å². The lowest BCUT2D eigenvalue weighted by atomic mass is 9.96. The summed E-state index contributed by atoms with van der Waals surface area (Å²) in [6, 6.07) is 3.89. The number of thiazole rings is 1. The first kappa shape index (κ1) is 12.4. The van der Waals surface area contributed by atoms with Crippen LogP contribution < -0.4 is 5.32 Å². The van der Waals surface area contributed by atoms with Gasteiger partial charge in [-0.1, -0.05) is 46.5 Å². The molecule has 96 valence electrons. The fourth-order valence-electron chi connectivity index (χ4n) is 2.44. The molecule has 0 bridgehead atoms. The first-order valence-electron chi connectivity index (χ1n) is 6.24. The van der Waals surface area contributed by atoms with Gasteiger partial charge in [0, 0.05) is 10.5 Å². The molecule has 1 heterocycles. The molecule has 5 heteroatoms. The Balaban J connectivity index is 1.86. The van der Waals surface area contributed by atoms with Crippen molar-refractivity contribution < 1.29 is 4.39 Å². The van der Waals surface area contributed by atoms with Gasteiger partial charge in [0.05, 0.1) is 4.70 Å². The van der Waals surface area contributed by atoms with Gasteiger partial charge in [-0.3, -0.25) is 0 Å². The zero-order chi connectivity index (χ0) is 12.5. The second kappa shape index (κ2) is 5.13. The van der Waals surface area contributed by atoms with E-state index in [-0.39, 0.29) is 5.82 Å². The average molecular weight is 329 g/mol. The third kappa shape index (κ3) is 2.52. The average Bonchev–Trinajstić information content (AvgIpc) is 2.73. The zero-order valence-corrected chi connectivity index (χ0v) is 12.3. The summed E-state index contributed by atoms with van der Waals surface area (Å²) in [5.41, 5.74) is 0.474. The normalized spacial score (nSPS) is 17.2. The Kier molecular flexibility index (Phi) is 3.52. The van der Waals surface area contributed by atoms with Gasteiger partial charge in [0.25, 0.3) is 0 Å². The summed E-state index contributed by atoms with van der Waals surface area (Å²) in [5.74, 6) is -0.257. The van der Waals surface area contributed by atoms with E-state index in [9.17, 15) is 4.39 Å². The van der Waals surface area contributed by atoms with Crippen molar-refractivity contribution in [2.75, 3.05) is 5.32 Å². The fourth-order valence-corrected chi connectivity index (χ4v) is 4.02. The lowest BCUT2D eigenvalue weighted by Gasteiger charge is -2.22. The van der Waals surface area contributed by atoms with Gasteiger partial charge in [0.1, 0.15) is 5.52 Å². The molecule has 0 atom stereocenters. The molecule has 1 fully saturated rings. The van der Waals surface area contributed by atoms with Gasteiger partial charge in [0.15, 0.2) is 10.9 Å². The number of fused-ring (bicyclic) bond motifs is 1. The number of hydrogen-bond donors (Lipinski definition) is 1. The van der Waals surface area contributed by atoms with Crippen molar-refractivity contribution in [2.24, 2.45) is 0 Å². The van der Waals surface area contributed by atoms with E-state index in [2.05, 4.69) is 26.2 Å². The van der Waals surface area contributed by atoms with E-state index in [1.54, 1.807) is 0 Å². The van der Waals surface area contributed by atoms with Crippen LogP contribution in [0.15, 0.2) is 16.6 Å². The number of benzene rings is 1. The zero-order valence-electron chi connectivity index (χ0n) is 9.88. The first-order chi connectivity index (χ1) is 8.72. The molecule has 3 rings (SSSR count). The first-order valence-corrected chi connectivity index (χ1v) is 7.85. The molecule has 0 aliphatic heterocycles. The van der Waals surface area contributed by atoms with E-state index in [1.807, 2.05) is 6.07 Å². The van der Waals surface area contributed by atoms with Crippen molar-refractivity contribution >= 4 is 42.6 Å². The van der Waals surface area contributed by atoms with Crippen LogP contribution in [0.2, 0.25) is 0 Å². The molecule has 1 aliphatic rings. The topological polar surface area (TPSA) is 24.9 Å². The third-order valence-electron chi connectivity index (χ3n) is 3.35. The van der Waals surface area contributed by atoms with Crippen LogP contribution in [0.5, 0.6) is 0 Å². The molecule has 18 heavy (non-hydrogen) atoms. The SMILES string of the molecule is Fc1cc(Br)cc2sc(NC3CCCCC3)nc12. The van der Waals surface area contributed by atoms with Crippen molar-refractivity contribution in [3.05, 3.63) is 22.4 Å². The third-order valence-corrected chi connectivity index (χ3v) is 4.74. The number of anilines is 1. The van der Waals surface area contributed by atoms with Crippen molar-refractivity contribution in [3.63, 3.8) is 0 Å². The molecule has 0 radical (unpaired) electrons. The molecule has 0 amide bonds. The smallest absolute Gasteiger partial charge is 0.184 e. The Hall–Kier alpha value is -0.680. The van der Waals surface area contributed by atoms with Gasteiger partial charge in [0.2, 0.25) is 0 Å². The van der Waals surface area contributed by atoms with Gasteiger partial charge in [-0.15, -0.1) is 0 Å². The van der Waals surface area contributed by atoms with Gasteiger partial charge < -0.3 is 5.32 Å². The Labute approximate surface area is 118 Å². The highest BCUT2D eigenvalue weighted by atomic mass is 79.9.